The molecule has 0 aromatic heterocycles. The maximum absolute atomic E-state index is 13.4. The molecular formula is C24H24BrClN2O3S. The summed E-state index contributed by atoms with van der Waals surface area (Å²) in [4.78, 5) is 13.1. The average molecular weight is 536 g/mol. The van der Waals surface area contributed by atoms with Crippen LogP contribution in [-0.2, 0) is 21.4 Å². The van der Waals surface area contributed by atoms with E-state index in [1.807, 2.05) is 32.9 Å². The molecule has 0 saturated carbocycles. The van der Waals surface area contributed by atoms with Gasteiger partial charge in [-0.2, -0.15) is 4.31 Å². The maximum Gasteiger partial charge on any atom is 0.243 e. The number of sulfonamides is 1. The fourth-order valence-corrected chi connectivity index (χ4v) is 5.35. The fourth-order valence-electron chi connectivity index (χ4n) is 3.51. The predicted molar refractivity (Wildman–Crippen MR) is 132 cm³/mol. The zero-order chi connectivity index (χ0) is 23.5. The minimum Gasteiger partial charge on any atom is -0.324 e. The summed E-state index contributed by atoms with van der Waals surface area (Å²) < 4.78 is 28.7. The zero-order valence-corrected chi connectivity index (χ0v) is 21.2. The summed E-state index contributed by atoms with van der Waals surface area (Å²) in [7, 11) is -3.95. The Hall–Kier alpha value is -2.19. The monoisotopic (exact) mass is 534 g/mol. The van der Waals surface area contributed by atoms with Crippen molar-refractivity contribution in [3.63, 3.8) is 0 Å². The summed E-state index contributed by atoms with van der Waals surface area (Å²) in [6.07, 6.45) is 0. The van der Waals surface area contributed by atoms with E-state index in [-0.39, 0.29) is 18.0 Å². The molecule has 0 atom stereocenters. The molecule has 32 heavy (non-hydrogen) atoms. The van der Waals surface area contributed by atoms with Gasteiger partial charge in [0.15, 0.2) is 0 Å². The molecule has 3 rings (SSSR count). The number of benzene rings is 3. The van der Waals surface area contributed by atoms with Gasteiger partial charge in [-0.15, -0.1) is 0 Å². The van der Waals surface area contributed by atoms with Crippen LogP contribution in [0.2, 0.25) is 5.02 Å². The van der Waals surface area contributed by atoms with E-state index >= 15 is 0 Å². The molecule has 3 aromatic carbocycles. The van der Waals surface area contributed by atoms with Gasteiger partial charge in [-0.1, -0.05) is 63.4 Å². The molecule has 0 unspecified atom stereocenters. The summed E-state index contributed by atoms with van der Waals surface area (Å²) in [6.45, 7) is 5.43. The highest BCUT2D eigenvalue weighted by atomic mass is 79.9. The molecule has 1 N–H and O–H groups in total. The van der Waals surface area contributed by atoms with Crippen molar-refractivity contribution >= 4 is 49.1 Å². The minimum absolute atomic E-state index is 0.0304. The Kier molecular flexibility index (Phi) is 7.77. The van der Waals surface area contributed by atoms with E-state index in [9.17, 15) is 13.2 Å². The molecule has 0 fully saturated rings. The number of carbonyl (C=O) groups is 1. The highest BCUT2D eigenvalue weighted by molar-refractivity contribution is 9.10. The zero-order valence-electron chi connectivity index (χ0n) is 18.0. The van der Waals surface area contributed by atoms with Crippen LogP contribution in [0, 0.1) is 20.8 Å². The van der Waals surface area contributed by atoms with Crippen molar-refractivity contribution in [2.45, 2.75) is 32.2 Å². The third-order valence-electron chi connectivity index (χ3n) is 5.02. The van der Waals surface area contributed by atoms with Gasteiger partial charge < -0.3 is 5.32 Å². The van der Waals surface area contributed by atoms with E-state index in [0.717, 1.165) is 25.5 Å². The maximum atomic E-state index is 13.4. The van der Waals surface area contributed by atoms with Crippen molar-refractivity contribution in [3.8, 4) is 0 Å². The van der Waals surface area contributed by atoms with Crippen LogP contribution < -0.4 is 5.32 Å². The molecule has 168 valence electrons. The van der Waals surface area contributed by atoms with Crippen LogP contribution in [0.5, 0.6) is 0 Å². The lowest BCUT2D eigenvalue weighted by molar-refractivity contribution is -0.116. The second kappa shape index (κ2) is 10.2. The second-order valence-corrected chi connectivity index (χ2v) is 10.9. The first-order valence-electron chi connectivity index (χ1n) is 9.95. The Morgan fingerprint density at radius 2 is 1.59 bits per heavy atom. The van der Waals surface area contributed by atoms with Crippen molar-refractivity contribution < 1.29 is 13.2 Å². The fraction of sp³-hybridized carbons (Fsp3) is 0.208. The van der Waals surface area contributed by atoms with Crippen LogP contribution >= 0.6 is 27.5 Å². The van der Waals surface area contributed by atoms with Crippen LogP contribution in [0.1, 0.15) is 22.3 Å². The van der Waals surface area contributed by atoms with E-state index in [4.69, 9.17) is 11.6 Å². The third kappa shape index (κ3) is 5.78. The number of nitrogens with zero attached hydrogens (tertiary/aromatic N) is 1. The van der Waals surface area contributed by atoms with Crippen LogP contribution in [0.4, 0.5) is 5.69 Å². The molecule has 0 aliphatic carbocycles. The highest BCUT2D eigenvalue weighted by Gasteiger charge is 2.28. The van der Waals surface area contributed by atoms with E-state index < -0.39 is 15.9 Å². The Bertz CT molecular complexity index is 1220. The standard InChI is InChI=1S/C24H24BrClN2O3S/c1-16-12-17(2)24(18(3)13-16)27-23(29)15-28(14-19-6-4-5-7-22(19)26)32(30,31)21-10-8-20(25)9-11-21/h4-13H,14-15H2,1-3H3,(H,27,29). The van der Waals surface area contributed by atoms with Gasteiger partial charge >= 0.3 is 0 Å². The number of hydrogen-bond acceptors (Lipinski definition) is 3. The molecule has 0 spiro atoms. The number of aryl methyl sites for hydroxylation is 3. The second-order valence-electron chi connectivity index (χ2n) is 7.64. The highest BCUT2D eigenvalue weighted by Crippen LogP contribution is 2.25. The molecule has 0 aliphatic heterocycles. The molecular weight excluding hydrogens is 512 g/mol. The SMILES string of the molecule is Cc1cc(C)c(NC(=O)CN(Cc2ccccc2Cl)S(=O)(=O)c2ccc(Br)cc2)c(C)c1. The Morgan fingerprint density at radius 1 is 1.00 bits per heavy atom. The van der Waals surface area contributed by atoms with Crippen molar-refractivity contribution in [1.29, 1.82) is 0 Å². The van der Waals surface area contributed by atoms with Crippen molar-refractivity contribution in [1.82, 2.24) is 4.31 Å². The third-order valence-corrected chi connectivity index (χ3v) is 7.72. The topological polar surface area (TPSA) is 66.5 Å². The van der Waals surface area contributed by atoms with Crippen LogP contribution in [0.25, 0.3) is 0 Å². The Balaban J connectivity index is 1.93. The molecule has 0 bridgehead atoms. The Labute approximate surface area is 202 Å². The summed E-state index contributed by atoms with van der Waals surface area (Å²) in [5.74, 6) is -0.423. The van der Waals surface area contributed by atoms with Crippen molar-refractivity contribution in [3.05, 3.63) is 92.4 Å². The van der Waals surface area contributed by atoms with Crippen LogP contribution in [0.3, 0.4) is 0 Å². The van der Waals surface area contributed by atoms with Gasteiger partial charge in [-0.05, 0) is 67.8 Å². The smallest absolute Gasteiger partial charge is 0.243 e. The largest absolute Gasteiger partial charge is 0.324 e. The Morgan fingerprint density at radius 3 is 2.19 bits per heavy atom. The lowest BCUT2D eigenvalue weighted by Gasteiger charge is -2.23. The first kappa shape index (κ1) is 24.5. The quantitative estimate of drug-likeness (QED) is 0.412. The normalized spacial score (nSPS) is 11.6. The summed E-state index contributed by atoms with van der Waals surface area (Å²) in [6, 6.07) is 17.3. The van der Waals surface area contributed by atoms with Gasteiger partial charge in [0.2, 0.25) is 15.9 Å². The van der Waals surface area contributed by atoms with E-state index in [1.54, 1.807) is 36.4 Å². The number of carbonyl (C=O) groups excluding carboxylic acids is 1. The van der Waals surface area contributed by atoms with Gasteiger partial charge in [-0.3, -0.25) is 4.79 Å². The minimum atomic E-state index is -3.95. The van der Waals surface area contributed by atoms with Gasteiger partial charge in [0.25, 0.3) is 0 Å². The van der Waals surface area contributed by atoms with Crippen LogP contribution in [0.15, 0.2) is 70.0 Å². The lowest BCUT2D eigenvalue weighted by atomic mass is 10.1. The van der Waals surface area contributed by atoms with Gasteiger partial charge in [0.05, 0.1) is 11.4 Å². The number of hydrogen-bond donors (Lipinski definition) is 1. The number of amides is 1. The summed E-state index contributed by atoms with van der Waals surface area (Å²) >= 11 is 9.60. The first-order valence-corrected chi connectivity index (χ1v) is 12.6. The summed E-state index contributed by atoms with van der Waals surface area (Å²) in [5, 5.41) is 3.32. The van der Waals surface area contributed by atoms with Crippen LogP contribution in [-0.4, -0.2) is 25.2 Å². The van der Waals surface area contributed by atoms with Crippen molar-refractivity contribution in [2.75, 3.05) is 11.9 Å². The molecule has 5 nitrogen and oxygen atoms in total. The van der Waals surface area contributed by atoms with Gasteiger partial charge in [0, 0.05) is 21.7 Å². The van der Waals surface area contributed by atoms with E-state index in [2.05, 4.69) is 21.2 Å². The lowest BCUT2D eigenvalue weighted by Crippen LogP contribution is -2.37. The molecule has 0 saturated heterocycles. The number of anilines is 1. The first-order chi connectivity index (χ1) is 15.1. The molecule has 1 amide bonds. The number of nitrogens with one attached hydrogen (secondary N) is 1. The van der Waals surface area contributed by atoms with Crippen molar-refractivity contribution in [2.24, 2.45) is 0 Å². The number of rotatable bonds is 7. The average Bonchev–Trinajstić information content (AvgIpc) is 2.72. The summed E-state index contributed by atoms with van der Waals surface area (Å²) in [5.41, 5.74) is 4.24. The molecule has 0 radical (unpaired) electrons. The van der Waals surface area contributed by atoms with E-state index in [1.165, 1.54) is 12.1 Å². The van der Waals surface area contributed by atoms with E-state index in [0.29, 0.717) is 16.3 Å². The molecule has 3 aromatic rings. The predicted octanol–water partition coefficient (Wildman–Crippen LogP) is 5.86. The van der Waals surface area contributed by atoms with Gasteiger partial charge in [-0.25, -0.2) is 8.42 Å². The van der Waals surface area contributed by atoms with Gasteiger partial charge in [0.1, 0.15) is 0 Å². The number of halogens is 2. The molecule has 0 aliphatic rings. The molecule has 0 heterocycles. The molecule has 8 heteroatoms.